The van der Waals surface area contributed by atoms with E-state index in [0.717, 1.165) is 22.6 Å². The van der Waals surface area contributed by atoms with Gasteiger partial charge in [-0.3, -0.25) is 4.90 Å². The molecule has 146 valence electrons. The number of anilines is 1. The highest BCUT2D eigenvalue weighted by molar-refractivity contribution is 7.80. The van der Waals surface area contributed by atoms with Crippen molar-refractivity contribution in [3.8, 4) is 5.75 Å². The number of rotatable bonds is 4. The maximum atomic E-state index is 6.35. The van der Waals surface area contributed by atoms with Gasteiger partial charge in [0.05, 0.1) is 7.11 Å². The third-order valence-corrected chi connectivity index (χ3v) is 5.21. The Morgan fingerprint density at radius 3 is 2.24 bits per heavy atom. The molecule has 4 nitrogen and oxygen atoms in total. The topological polar surface area (TPSA) is 34.1 Å². The number of hydrogen-bond donors (Lipinski definition) is 0. The first kappa shape index (κ1) is 19.4. The highest BCUT2D eigenvalue weighted by Gasteiger charge is 2.32. The van der Waals surface area contributed by atoms with Gasteiger partial charge in [0.1, 0.15) is 5.75 Å². The number of thiocarbonyl (C=S) groups is 1. The van der Waals surface area contributed by atoms with Crippen molar-refractivity contribution < 1.29 is 9.47 Å². The Hall–Kier alpha value is -2.89. The van der Waals surface area contributed by atoms with Crippen molar-refractivity contribution in [3.63, 3.8) is 0 Å². The summed E-state index contributed by atoms with van der Waals surface area (Å²) in [5.74, 6) is 1.28. The summed E-state index contributed by atoms with van der Waals surface area (Å²) in [7, 11) is 1.64. The van der Waals surface area contributed by atoms with E-state index >= 15 is 0 Å². The molecule has 1 atom stereocenters. The summed E-state index contributed by atoms with van der Waals surface area (Å²) >= 11 is 11.7. The fourth-order valence-electron chi connectivity index (χ4n) is 3.09. The van der Waals surface area contributed by atoms with Crippen LogP contribution in [0.1, 0.15) is 22.9 Å². The van der Waals surface area contributed by atoms with E-state index < -0.39 is 6.23 Å². The summed E-state index contributed by atoms with van der Waals surface area (Å²) in [5.41, 5.74) is 3.84. The molecule has 0 bridgehead atoms. The molecule has 0 radical (unpaired) electrons. The molecule has 1 aliphatic heterocycles. The molecule has 0 aliphatic carbocycles. The highest BCUT2D eigenvalue weighted by atomic mass is 35.5. The molecule has 0 spiro atoms. The molecule has 0 aromatic heterocycles. The summed E-state index contributed by atoms with van der Waals surface area (Å²) in [6.45, 7) is 2.04. The van der Waals surface area contributed by atoms with E-state index in [-0.39, 0.29) is 0 Å². The predicted octanol–water partition coefficient (Wildman–Crippen LogP) is 5.92. The maximum Gasteiger partial charge on any atom is 0.225 e. The van der Waals surface area contributed by atoms with Gasteiger partial charge in [0, 0.05) is 21.8 Å². The second-order valence-electron chi connectivity index (χ2n) is 6.66. The van der Waals surface area contributed by atoms with Gasteiger partial charge in [-0.25, -0.2) is 0 Å². The molecule has 1 aliphatic rings. The van der Waals surface area contributed by atoms with E-state index in [0.29, 0.717) is 16.0 Å². The Balaban J connectivity index is 1.77. The number of aryl methyl sites for hydroxylation is 1. The molecule has 0 amide bonds. The van der Waals surface area contributed by atoms with Crippen molar-refractivity contribution in [3.05, 3.63) is 94.5 Å². The maximum absolute atomic E-state index is 6.35. The van der Waals surface area contributed by atoms with Gasteiger partial charge in [0.15, 0.2) is 0 Å². The standard InChI is InChI=1S/C23H19ClN2O2S/c1-15-3-5-16(6-4-15)21-25-23(29)26(19-11-9-18(24)10-12-19)22(28-21)17-7-13-20(27-2)14-8-17/h3-14,22H,1-2H3. The minimum absolute atomic E-state index is 0.426. The Morgan fingerprint density at radius 2 is 1.62 bits per heavy atom. The van der Waals surface area contributed by atoms with Gasteiger partial charge in [-0.1, -0.05) is 29.3 Å². The van der Waals surface area contributed by atoms with Crippen molar-refractivity contribution in [1.29, 1.82) is 0 Å². The Bertz CT molecular complexity index is 1050. The van der Waals surface area contributed by atoms with Crippen LogP contribution < -0.4 is 9.64 Å². The van der Waals surface area contributed by atoms with Gasteiger partial charge in [-0.2, -0.15) is 4.99 Å². The lowest BCUT2D eigenvalue weighted by molar-refractivity contribution is 0.196. The van der Waals surface area contributed by atoms with Crippen molar-refractivity contribution in [1.82, 2.24) is 0 Å². The highest BCUT2D eigenvalue weighted by Crippen LogP contribution is 2.34. The summed E-state index contributed by atoms with van der Waals surface area (Å²) in [6.07, 6.45) is -0.469. The first-order chi connectivity index (χ1) is 14.0. The molecule has 6 heteroatoms. The molecule has 3 aromatic carbocycles. The summed E-state index contributed by atoms with van der Waals surface area (Å²) < 4.78 is 11.6. The molecular weight excluding hydrogens is 404 g/mol. The van der Waals surface area contributed by atoms with Crippen LogP contribution in [0.2, 0.25) is 5.02 Å². The lowest BCUT2D eigenvalue weighted by atomic mass is 10.1. The average Bonchev–Trinajstić information content (AvgIpc) is 2.75. The van der Waals surface area contributed by atoms with Crippen molar-refractivity contribution in [2.24, 2.45) is 4.99 Å². The van der Waals surface area contributed by atoms with Crippen LogP contribution in [0.15, 0.2) is 77.8 Å². The number of methoxy groups -OCH3 is 1. The minimum Gasteiger partial charge on any atom is -0.497 e. The second-order valence-corrected chi connectivity index (χ2v) is 7.46. The SMILES string of the molecule is COc1ccc(C2OC(c3ccc(C)cc3)=NC(=S)N2c2ccc(Cl)cc2)cc1. The quantitative estimate of drug-likeness (QED) is 0.488. The van der Waals surface area contributed by atoms with Crippen molar-refractivity contribution in [2.45, 2.75) is 13.2 Å². The van der Waals surface area contributed by atoms with Crippen LogP contribution in [0, 0.1) is 6.92 Å². The lowest BCUT2D eigenvalue weighted by Crippen LogP contribution is -2.40. The van der Waals surface area contributed by atoms with E-state index in [1.165, 1.54) is 5.56 Å². The fourth-order valence-corrected chi connectivity index (χ4v) is 3.50. The van der Waals surface area contributed by atoms with E-state index in [1.54, 1.807) is 7.11 Å². The van der Waals surface area contributed by atoms with Crippen LogP contribution in [0.5, 0.6) is 5.75 Å². The fraction of sp³-hybridized carbons (Fsp3) is 0.130. The van der Waals surface area contributed by atoms with E-state index in [2.05, 4.69) is 4.99 Å². The molecular formula is C23H19ClN2O2S. The lowest BCUT2D eigenvalue weighted by Gasteiger charge is -2.36. The largest absolute Gasteiger partial charge is 0.497 e. The van der Waals surface area contributed by atoms with Crippen LogP contribution in [-0.4, -0.2) is 18.1 Å². The number of ether oxygens (including phenoxy) is 2. The molecule has 3 aromatic rings. The van der Waals surface area contributed by atoms with Gasteiger partial charge in [-0.15, -0.1) is 0 Å². The second kappa shape index (κ2) is 8.23. The smallest absolute Gasteiger partial charge is 0.225 e. The number of aliphatic imine (C=N–C) groups is 1. The Labute approximate surface area is 180 Å². The summed E-state index contributed by atoms with van der Waals surface area (Å²) in [4.78, 5) is 6.45. The van der Waals surface area contributed by atoms with Gasteiger partial charge >= 0.3 is 0 Å². The van der Waals surface area contributed by atoms with Crippen molar-refractivity contribution >= 4 is 40.5 Å². The van der Waals surface area contributed by atoms with Gasteiger partial charge in [0.2, 0.25) is 17.2 Å². The average molecular weight is 423 g/mol. The molecule has 1 unspecified atom stereocenters. The van der Waals surface area contributed by atoms with E-state index in [9.17, 15) is 0 Å². The van der Waals surface area contributed by atoms with Crippen LogP contribution in [0.4, 0.5) is 5.69 Å². The Kier molecular flexibility index (Phi) is 5.51. The van der Waals surface area contributed by atoms with Gasteiger partial charge < -0.3 is 9.47 Å². The Morgan fingerprint density at radius 1 is 0.966 bits per heavy atom. The number of hydrogen-bond acceptors (Lipinski definition) is 3. The minimum atomic E-state index is -0.469. The number of benzene rings is 3. The third-order valence-electron chi connectivity index (χ3n) is 4.67. The normalized spacial score (nSPS) is 16.2. The van der Waals surface area contributed by atoms with Crippen LogP contribution in [0.25, 0.3) is 0 Å². The van der Waals surface area contributed by atoms with Crippen LogP contribution >= 0.6 is 23.8 Å². The first-order valence-corrected chi connectivity index (χ1v) is 9.89. The van der Waals surface area contributed by atoms with Gasteiger partial charge in [0.25, 0.3) is 0 Å². The summed E-state index contributed by atoms with van der Waals surface area (Å²) in [5, 5.41) is 1.08. The zero-order valence-electron chi connectivity index (χ0n) is 16.0. The molecule has 0 fully saturated rings. The van der Waals surface area contributed by atoms with Crippen molar-refractivity contribution in [2.75, 3.05) is 12.0 Å². The monoisotopic (exact) mass is 422 g/mol. The molecule has 29 heavy (non-hydrogen) atoms. The predicted molar refractivity (Wildman–Crippen MR) is 121 cm³/mol. The van der Waals surface area contributed by atoms with E-state index in [4.69, 9.17) is 33.3 Å². The van der Waals surface area contributed by atoms with Crippen LogP contribution in [-0.2, 0) is 4.74 Å². The molecule has 4 rings (SSSR count). The molecule has 1 heterocycles. The number of halogens is 1. The third kappa shape index (κ3) is 4.11. The molecule has 0 N–H and O–H groups in total. The van der Waals surface area contributed by atoms with Gasteiger partial charge in [-0.05, 0) is 79.8 Å². The first-order valence-electron chi connectivity index (χ1n) is 9.10. The number of nitrogens with zero attached hydrogens (tertiary/aromatic N) is 2. The zero-order valence-corrected chi connectivity index (χ0v) is 17.6. The van der Waals surface area contributed by atoms with E-state index in [1.807, 2.05) is 84.6 Å². The summed E-state index contributed by atoms with van der Waals surface area (Å²) in [6, 6.07) is 23.2. The zero-order chi connectivity index (χ0) is 20.4. The molecule has 0 saturated heterocycles. The molecule has 0 saturated carbocycles. The van der Waals surface area contributed by atoms with Crippen LogP contribution in [0.3, 0.4) is 0 Å².